The number of carbonyl (C=O) groups excluding carboxylic acids is 1. The Balaban J connectivity index is 1.40. The highest BCUT2D eigenvalue weighted by Crippen LogP contribution is 2.31. The van der Waals surface area contributed by atoms with Crippen molar-refractivity contribution in [3.8, 4) is 5.69 Å². The first-order valence-electron chi connectivity index (χ1n) is 11.6. The third kappa shape index (κ3) is 6.10. The third-order valence-electron chi connectivity index (χ3n) is 6.44. The Morgan fingerprint density at radius 2 is 1.71 bits per heavy atom. The highest BCUT2D eigenvalue weighted by atomic mass is 19.4. The molecule has 1 N–H and O–H groups in total. The van der Waals surface area contributed by atoms with E-state index in [0.29, 0.717) is 28.3 Å². The van der Waals surface area contributed by atoms with Gasteiger partial charge in [-0.2, -0.15) is 18.3 Å². The highest BCUT2D eigenvalue weighted by Gasteiger charge is 2.31. The number of halogens is 3. The van der Waals surface area contributed by atoms with Crippen LogP contribution in [0, 0.1) is 13.8 Å². The first-order valence-corrected chi connectivity index (χ1v) is 11.6. The number of likely N-dealkylation sites (N-methyl/N-ethyl adjacent to an activating group) is 1. The van der Waals surface area contributed by atoms with Crippen molar-refractivity contribution in [2.45, 2.75) is 33.0 Å². The lowest BCUT2D eigenvalue weighted by atomic mass is 10.1. The van der Waals surface area contributed by atoms with Crippen LogP contribution < -0.4 is 5.32 Å². The number of aryl methyl sites for hydroxylation is 1. The number of hydrogen-bond acceptors (Lipinski definition) is 4. The van der Waals surface area contributed by atoms with Crippen molar-refractivity contribution in [2.24, 2.45) is 0 Å². The number of carbonyl (C=O) groups is 1. The summed E-state index contributed by atoms with van der Waals surface area (Å²) in [6.07, 6.45) is -4.35. The Kier molecular flexibility index (Phi) is 7.28. The first kappa shape index (κ1) is 24.9. The number of benzene rings is 2. The van der Waals surface area contributed by atoms with Gasteiger partial charge >= 0.3 is 6.18 Å². The minimum atomic E-state index is -4.44. The molecule has 1 amide bonds. The van der Waals surface area contributed by atoms with Crippen molar-refractivity contribution < 1.29 is 18.0 Å². The molecule has 0 bridgehead atoms. The van der Waals surface area contributed by atoms with Gasteiger partial charge in [0.15, 0.2) is 0 Å². The van der Waals surface area contributed by atoms with Crippen LogP contribution >= 0.6 is 0 Å². The van der Waals surface area contributed by atoms with E-state index in [1.165, 1.54) is 16.3 Å². The predicted molar refractivity (Wildman–Crippen MR) is 130 cm³/mol. The maximum atomic E-state index is 13.1. The van der Waals surface area contributed by atoms with Crippen LogP contribution in [0.2, 0.25) is 0 Å². The average Bonchev–Trinajstić information content (AvgIpc) is 3.09. The minimum Gasteiger partial charge on any atom is -0.326 e. The van der Waals surface area contributed by atoms with Crippen molar-refractivity contribution in [3.63, 3.8) is 0 Å². The summed E-state index contributed by atoms with van der Waals surface area (Å²) in [7, 11) is 2.13. The number of rotatable bonds is 6. The van der Waals surface area contributed by atoms with Gasteiger partial charge in [0.05, 0.1) is 23.4 Å². The molecule has 1 aliphatic rings. The minimum absolute atomic E-state index is 0.0830. The summed E-state index contributed by atoms with van der Waals surface area (Å²) in [5.74, 6) is -0.202. The smallest absolute Gasteiger partial charge is 0.326 e. The second kappa shape index (κ2) is 10.2. The number of piperazine rings is 1. The van der Waals surface area contributed by atoms with Crippen LogP contribution in [-0.4, -0.2) is 58.7 Å². The second-order valence-electron chi connectivity index (χ2n) is 9.11. The van der Waals surface area contributed by atoms with Crippen LogP contribution in [0.4, 0.5) is 18.9 Å². The summed E-state index contributed by atoms with van der Waals surface area (Å²) >= 11 is 0. The fourth-order valence-electron chi connectivity index (χ4n) is 4.32. The van der Waals surface area contributed by atoms with Gasteiger partial charge in [0.2, 0.25) is 5.91 Å². The molecule has 0 atom stereocenters. The third-order valence-corrected chi connectivity index (χ3v) is 6.44. The van der Waals surface area contributed by atoms with Gasteiger partial charge in [0, 0.05) is 49.7 Å². The van der Waals surface area contributed by atoms with Gasteiger partial charge < -0.3 is 10.2 Å². The summed E-state index contributed by atoms with van der Waals surface area (Å²) in [6, 6.07) is 12.9. The molecule has 35 heavy (non-hydrogen) atoms. The van der Waals surface area contributed by atoms with Crippen molar-refractivity contribution >= 4 is 11.6 Å². The standard InChI is InChI=1S/C26H30F3N5O/c1-18-24(19(2)34(31-18)23-6-4-5-21(15-23)26(27,28)29)16-25(35)30-22-9-7-20(8-10-22)17-33-13-11-32(3)12-14-33/h4-10,15H,11-14,16-17H2,1-3H3,(H,30,35). The molecular weight excluding hydrogens is 455 g/mol. The van der Waals surface area contributed by atoms with E-state index in [9.17, 15) is 18.0 Å². The number of anilines is 1. The zero-order valence-corrected chi connectivity index (χ0v) is 20.2. The first-order chi connectivity index (χ1) is 16.6. The zero-order chi connectivity index (χ0) is 25.2. The molecule has 0 radical (unpaired) electrons. The Morgan fingerprint density at radius 3 is 2.37 bits per heavy atom. The van der Waals surface area contributed by atoms with E-state index in [1.807, 2.05) is 24.3 Å². The van der Waals surface area contributed by atoms with Crippen molar-refractivity contribution in [1.29, 1.82) is 0 Å². The molecule has 9 heteroatoms. The largest absolute Gasteiger partial charge is 0.416 e. The number of nitrogens with one attached hydrogen (secondary N) is 1. The SMILES string of the molecule is Cc1nn(-c2cccc(C(F)(F)F)c2)c(C)c1CC(=O)Nc1ccc(CN2CCN(C)CC2)cc1. The maximum Gasteiger partial charge on any atom is 0.416 e. The molecule has 2 aromatic carbocycles. The van der Waals surface area contributed by atoms with E-state index in [0.717, 1.165) is 44.9 Å². The quantitative estimate of drug-likeness (QED) is 0.561. The molecule has 0 spiro atoms. The van der Waals surface area contributed by atoms with Gasteiger partial charge in [0.1, 0.15) is 0 Å². The Labute approximate surface area is 203 Å². The molecule has 186 valence electrons. The van der Waals surface area contributed by atoms with Gasteiger partial charge in [0.25, 0.3) is 0 Å². The van der Waals surface area contributed by atoms with Crippen LogP contribution in [0.1, 0.15) is 28.1 Å². The van der Waals surface area contributed by atoms with E-state index >= 15 is 0 Å². The van der Waals surface area contributed by atoms with Crippen molar-refractivity contribution in [1.82, 2.24) is 19.6 Å². The van der Waals surface area contributed by atoms with E-state index in [2.05, 4.69) is 27.3 Å². The Hall–Kier alpha value is -3.17. The van der Waals surface area contributed by atoms with Gasteiger partial charge in [-0.15, -0.1) is 0 Å². The number of aromatic nitrogens is 2. The molecule has 1 aromatic heterocycles. The summed E-state index contributed by atoms with van der Waals surface area (Å²) in [6.45, 7) is 8.62. The van der Waals surface area contributed by atoms with Gasteiger partial charge in [-0.3, -0.25) is 9.69 Å². The van der Waals surface area contributed by atoms with Crippen LogP contribution in [0.15, 0.2) is 48.5 Å². The normalized spacial score (nSPS) is 15.4. The molecule has 3 aromatic rings. The van der Waals surface area contributed by atoms with Gasteiger partial charge in [-0.25, -0.2) is 4.68 Å². The molecule has 0 saturated carbocycles. The summed E-state index contributed by atoms with van der Waals surface area (Å²) in [4.78, 5) is 17.5. The van der Waals surface area contributed by atoms with Crippen LogP contribution in [-0.2, 0) is 23.9 Å². The molecule has 6 nitrogen and oxygen atoms in total. The maximum absolute atomic E-state index is 13.1. The average molecular weight is 486 g/mol. The Bertz CT molecular complexity index is 1180. The lowest BCUT2D eigenvalue weighted by molar-refractivity contribution is -0.137. The van der Waals surface area contributed by atoms with Crippen LogP contribution in [0.25, 0.3) is 5.69 Å². The zero-order valence-electron chi connectivity index (χ0n) is 20.2. The second-order valence-corrected chi connectivity index (χ2v) is 9.11. The fourth-order valence-corrected chi connectivity index (χ4v) is 4.32. The van der Waals surface area contributed by atoms with E-state index in [4.69, 9.17) is 0 Å². The fraction of sp³-hybridized carbons (Fsp3) is 0.385. The molecule has 2 heterocycles. The van der Waals surface area contributed by atoms with Gasteiger partial charge in [-0.1, -0.05) is 18.2 Å². The summed E-state index contributed by atoms with van der Waals surface area (Å²) in [5, 5.41) is 7.31. The van der Waals surface area contributed by atoms with Gasteiger partial charge in [-0.05, 0) is 56.8 Å². The number of amides is 1. The molecule has 4 rings (SSSR count). The summed E-state index contributed by atoms with van der Waals surface area (Å²) < 4.78 is 40.8. The predicted octanol–water partition coefficient (Wildman–Crippen LogP) is 4.44. The molecule has 1 fully saturated rings. The lowest BCUT2D eigenvalue weighted by Crippen LogP contribution is -2.43. The molecule has 1 aliphatic heterocycles. The van der Waals surface area contributed by atoms with Crippen molar-refractivity contribution in [2.75, 3.05) is 38.5 Å². The van der Waals surface area contributed by atoms with Crippen LogP contribution in [0.3, 0.4) is 0 Å². The lowest BCUT2D eigenvalue weighted by Gasteiger charge is -2.32. The number of hydrogen-bond donors (Lipinski definition) is 1. The monoisotopic (exact) mass is 485 g/mol. The number of alkyl halides is 3. The van der Waals surface area contributed by atoms with E-state index in [-0.39, 0.29) is 12.3 Å². The number of nitrogens with zero attached hydrogens (tertiary/aromatic N) is 4. The van der Waals surface area contributed by atoms with Crippen LogP contribution in [0.5, 0.6) is 0 Å². The molecular formula is C26H30F3N5O. The molecule has 0 aliphatic carbocycles. The summed E-state index contributed by atoms with van der Waals surface area (Å²) in [5.41, 5.74) is 3.42. The molecule has 1 saturated heterocycles. The topological polar surface area (TPSA) is 53.4 Å². The van der Waals surface area contributed by atoms with E-state index < -0.39 is 11.7 Å². The molecule has 0 unspecified atom stereocenters. The van der Waals surface area contributed by atoms with E-state index in [1.54, 1.807) is 19.9 Å². The van der Waals surface area contributed by atoms with Crippen molar-refractivity contribution in [3.05, 3.63) is 76.6 Å². The Morgan fingerprint density at radius 1 is 1.03 bits per heavy atom. The highest BCUT2D eigenvalue weighted by molar-refractivity contribution is 5.92.